The van der Waals surface area contributed by atoms with Crippen molar-refractivity contribution in [2.75, 3.05) is 0 Å². The number of hydrogen-bond acceptors (Lipinski definition) is 3. The fourth-order valence-corrected chi connectivity index (χ4v) is 0.347. The molecule has 3 nitrogen and oxygen atoms in total. The van der Waals surface area contributed by atoms with Crippen LogP contribution in [0.25, 0.3) is 0 Å². The molecule has 0 aliphatic rings. The molecule has 0 rings (SSSR count). The van der Waals surface area contributed by atoms with Crippen molar-refractivity contribution in [2.24, 2.45) is 0 Å². The molecule has 0 unspecified atom stereocenters. The SMILES string of the molecule is CC(C)(C)OC(=O)NS. The van der Waals surface area contributed by atoms with E-state index in [1.807, 2.05) is 0 Å². The number of nitrogens with one attached hydrogen (secondary N) is 1. The van der Waals surface area contributed by atoms with Crippen LogP contribution in [0.15, 0.2) is 0 Å². The summed E-state index contributed by atoms with van der Waals surface area (Å²) in [6, 6.07) is 0. The molecule has 1 amide bonds. The minimum absolute atomic E-state index is 0.438. The Hall–Kier alpha value is -0.380. The molecule has 0 aromatic heterocycles. The molecule has 0 fully saturated rings. The van der Waals surface area contributed by atoms with Gasteiger partial charge in [0.2, 0.25) is 0 Å². The van der Waals surface area contributed by atoms with Crippen LogP contribution < -0.4 is 4.72 Å². The van der Waals surface area contributed by atoms with Crippen LogP contribution in [-0.2, 0) is 4.74 Å². The highest BCUT2D eigenvalue weighted by Gasteiger charge is 2.14. The van der Waals surface area contributed by atoms with E-state index < -0.39 is 11.7 Å². The Morgan fingerprint density at radius 1 is 1.56 bits per heavy atom. The van der Waals surface area contributed by atoms with Crippen LogP contribution in [0.2, 0.25) is 0 Å². The average molecular weight is 149 g/mol. The van der Waals surface area contributed by atoms with Gasteiger partial charge in [0.25, 0.3) is 0 Å². The van der Waals surface area contributed by atoms with Crippen LogP contribution in [0, 0.1) is 0 Å². The smallest absolute Gasteiger partial charge is 0.417 e. The molecule has 4 heteroatoms. The quantitative estimate of drug-likeness (QED) is 0.510. The van der Waals surface area contributed by atoms with E-state index in [-0.39, 0.29) is 0 Å². The minimum Gasteiger partial charge on any atom is -0.443 e. The molecule has 1 N–H and O–H groups in total. The lowest BCUT2D eigenvalue weighted by molar-refractivity contribution is 0.0575. The van der Waals surface area contributed by atoms with Crippen molar-refractivity contribution in [1.82, 2.24) is 4.72 Å². The van der Waals surface area contributed by atoms with Crippen LogP contribution in [0.3, 0.4) is 0 Å². The van der Waals surface area contributed by atoms with Crippen molar-refractivity contribution in [1.29, 1.82) is 0 Å². The molecule has 0 aromatic carbocycles. The van der Waals surface area contributed by atoms with Crippen LogP contribution in [-0.4, -0.2) is 11.7 Å². The highest BCUT2D eigenvalue weighted by Crippen LogP contribution is 2.06. The van der Waals surface area contributed by atoms with Gasteiger partial charge in [-0.1, -0.05) is 12.8 Å². The maximum absolute atomic E-state index is 10.4. The van der Waals surface area contributed by atoms with E-state index in [4.69, 9.17) is 4.74 Å². The Morgan fingerprint density at radius 3 is 2.11 bits per heavy atom. The fraction of sp³-hybridized carbons (Fsp3) is 0.800. The van der Waals surface area contributed by atoms with Crippen LogP contribution in [0.1, 0.15) is 20.8 Å². The zero-order valence-corrected chi connectivity index (χ0v) is 6.66. The molecule has 9 heavy (non-hydrogen) atoms. The molecular weight excluding hydrogens is 138 g/mol. The van der Waals surface area contributed by atoms with E-state index in [1.54, 1.807) is 20.8 Å². The molecule has 0 aliphatic heterocycles. The van der Waals surface area contributed by atoms with Gasteiger partial charge >= 0.3 is 6.09 Å². The van der Waals surface area contributed by atoms with Crippen molar-refractivity contribution in [2.45, 2.75) is 26.4 Å². The minimum atomic E-state index is -0.522. The molecule has 0 spiro atoms. The molecule has 0 bridgehead atoms. The molecule has 0 saturated heterocycles. The zero-order valence-electron chi connectivity index (χ0n) is 5.76. The molecule has 0 radical (unpaired) electrons. The average Bonchev–Trinajstić information content (AvgIpc) is 1.62. The second-order valence-electron chi connectivity index (χ2n) is 2.61. The first-order valence-electron chi connectivity index (χ1n) is 2.59. The summed E-state index contributed by atoms with van der Waals surface area (Å²) >= 11 is 3.50. The van der Waals surface area contributed by atoms with Crippen molar-refractivity contribution in [3.8, 4) is 0 Å². The largest absolute Gasteiger partial charge is 0.443 e. The maximum atomic E-state index is 10.4. The van der Waals surface area contributed by atoms with Gasteiger partial charge in [-0.25, -0.2) is 4.79 Å². The third-order valence-corrected chi connectivity index (χ3v) is 0.673. The van der Waals surface area contributed by atoms with Crippen LogP contribution in [0.5, 0.6) is 0 Å². The lowest BCUT2D eigenvalue weighted by atomic mass is 10.2. The Morgan fingerprint density at radius 2 is 2.00 bits per heavy atom. The molecule has 0 saturated carbocycles. The standard InChI is InChI=1S/C5H11NO2S/c1-5(2,3)8-4(7)6-9/h9H,1-3H3,(H,6,7). The lowest BCUT2D eigenvalue weighted by Crippen LogP contribution is -2.27. The van der Waals surface area contributed by atoms with E-state index >= 15 is 0 Å². The summed E-state index contributed by atoms with van der Waals surface area (Å²) in [5, 5.41) is 0. The van der Waals surface area contributed by atoms with Crippen molar-refractivity contribution < 1.29 is 9.53 Å². The molecule has 0 heterocycles. The third kappa shape index (κ3) is 5.49. The van der Waals surface area contributed by atoms with Gasteiger partial charge in [0.05, 0.1) is 0 Å². The number of ether oxygens (including phenoxy) is 1. The summed E-state index contributed by atoms with van der Waals surface area (Å²) in [5.41, 5.74) is -0.438. The van der Waals surface area contributed by atoms with Gasteiger partial charge in [0.15, 0.2) is 0 Å². The maximum Gasteiger partial charge on any atom is 0.417 e. The van der Waals surface area contributed by atoms with Crippen molar-refractivity contribution >= 4 is 18.9 Å². The van der Waals surface area contributed by atoms with Crippen LogP contribution >= 0.6 is 12.8 Å². The van der Waals surface area contributed by atoms with Crippen LogP contribution in [0.4, 0.5) is 4.79 Å². The Balaban J connectivity index is 3.60. The van der Waals surface area contributed by atoms with Gasteiger partial charge < -0.3 is 4.74 Å². The second kappa shape index (κ2) is 2.96. The monoisotopic (exact) mass is 149 g/mol. The zero-order chi connectivity index (χ0) is 7.49. The number of amides is 1. The summed E-state index contributed by atoms with van der Waals surface area (Å²) in [7, 11) is 0. The van der Waals surface area contributed by atoms with E-state index in [1.165, 1.54) is 0 Å². The number of carbonyl (C=O) groups excluding carboxylic acids is 1. The number of carbonyl (C=O) groups is 1. The number of hydrogen-bond donors (Lipinski definition) is 2. The van der Waals surface area contributed by atoms with Gasteiger partial charge in [-0.05, 0) is 20.8 Å². The molecule has 54 valence electrons. The van der Waals surface area contributed by atoms with Gasteiger partial charge in [-0.3, -0.25) is 4.72 Å². The fourth-order valence-electron chi connectivity index (χ4n) is 0.301. The van der Waals surface area contributed by atoms with E-state index in [0.717, 1.165) is 0 Å². The first-order chi connectivity index (χ1) is 3.95. The lowest BCUT2D eigenvalue weighted by Gasteiger charge is -2.18. The van der Waals surface area contributed by atoms with Crippen molar-refractivity contribution in [3.05, 3.63) is 0 Å². The molecular formula is C5H11NO2S. The summed E-state index contributed by atoms with van der Waals surface area (Å²) in [6.07, 6.45) is -0.522. The normalized spacial score (nSPS) is 10.7. The predicted octanol–water partition coefficient (Wildman–Crippen LogP) is 1.36. The Labute approximate surface area is 60.3 Å². The van der Waals surface area contributed by atoms with Gasteiger partial charge in [0, 0.05) is 0 Å². The molecule has 0 aliphatic carbocycles. The predicted molar refractivity (Wildman–Crippen MR) is 38.4 cm³/mol. The van der Waals surface area contributed by atoms with E-state index in [2.05, 4.69) is 17.5 Å². The molecule has 0 atom stereocenters. The first kappa shape index (κ1) is 8.62. The third-order valence-electron chi connectivity index (χ3n) is 0.490. The highest BCUT2D eigenvalue weighted by molar-refractivity contribution is 7.78. The Kier molecular flexibility index (Phi) is 2.84. The van der Waals surface area contributed by atoms with E-state index in [0.29, 0.717) is 0 Å². The number of thiol groups is 1. The van der Waals surface area contributed by atoms with Crippen molar-refractivity contribution in [3.63, 3.8) is 0 Å². The Bertz CT molecular complexity index is 108. The summed E-state index contributed by atoms with van der Waals surface area (Å²) in [5.74, 6) is 0. The molecule has 0 aromatic rings. The summed E-state index contributed by atoms with van der Waals surface area (Å²) in [6.45, 7) is 5.36. The first-order valence-corrected chi connectivity index (χ1v) is 3.03. The van der Waals surface area contributed by atoms with Gasteiger partial charge in [0.1, 0.15) is 5.60 Å². The van der Waals surface area contributed by atoms with E-state index in [9.17, 15) is 4.79 Å². The highest BCUT2D eigenvalue weighted by atomic mass is 32.1. The topological polar surface area (TPSA) is 38.3 Å². The summed E-state index contributed by atoms with van der Waals surface area (Å²) < 4.78 is 6.82. The van der Waals surface area contributed by atoms with Gasteiger partial charge in [-0.15, -0.1) is 0 Å². The summed E-state index contributed by atoms with van der Waals surface area (Å²) in [4.78, 5) is 10.4. The number of rotatable bonds is 0. The van der Waals surface area contributed by atoms with Gasteiger partial charge in [-0.2, -0.15) is 0 Å². The second-order valence-corrected chi connectivity index (χ2v) is 2.84.